The summed E-state index contributed by atoms with van der Waals surface area (Å²) in [5, 5.41) is 10.1. The third kappa shape index (κ3) is 2.87. The van der Waals surface area contributed by atoms with Gasteiger partial charge in [0.05, 0.1) is 16.4 Å². The molecule has 1 N–H and O–H groups in total. The maximum Gasteiger partial charge on any atom is 0.345 e. The second kappa shape index (κ2) is 5.10. The molecule has 20 heavy (non-hydrogen) atoms. The van der Waals surface area contributed by atoms with E-state index in [1.165, 1.54) is 12.3 Å². The Bertz CT molecular complexity index is 733. The van der Waals surface area contributed by atoms with Crippen LogP contribution in [0.3, 0.4) is 0 Å². The molecule has 112 valence electrons. The molecule has 1 aromatic rings. The number of carbonyl (C=O) groups is 1. The number of hydrogen-bond donors (Lipinski definition) is 1. The molecule has 0 radical (unpaired) electrons. The SMILES string of the molecule is CC1CS(=O)(=O)CCN1S(=O)(=O)c1csc(C(=O)O)c1. The Balaban J connectivity index is 2.33. The van der Waals surface area contributed by atoms with Crippen LogP contribution in [0, 0.1) is 0 Å². The maximum absolute atomic E-state index is 12.4. The van der Waals surface area contributed by atoms with Crippen molar-refractivity contribution in [1.82, 2.24) is 4.31 Å². The fraction of sp³-hybridized carbons (Fsp3) is 0.500. The van der Waals surface area contributed by atoms with Gasteiger partial charge < -0.3 is 5.11 Å². The lowest BCUT2D eigenvalue weighted by Crippen LogP contribution is -2.49. The van der Waals surface area contributed by atoms with Gasteiger partial charge in [0, 0.05) is 18.0 Å². The molecular formula is C10H13NO6S3. The summed E-state index contributed by atoms with van der Waals surface area (Å²) in [5.74, 6) is -1.63. The lowest BCUT2D eigenvalue weighted by Gasteiger charge is -2.31. The van der Waals surface area contributed by atoms with Crippen LogP contribution in [0.4, 0.5) is 0 Å². The van der Waals surface area contributed by atoms with Gasteiger partial charge in [-0.3, -0.25) is 0 Å². The van der Waals surface area contributed by atoms with Crippen LogP contribution in [0.2, 0.25) is 0 Å². The van der Waals surface area contributed by atoms with Crippen molar-refractivity contribution in [3.63, 3.8) is 0 Å². The van der Waals surface area contributed by atoms with Crippen molar-refractivity contribution < 1.29 is 26.7 Å². The number of sulfone groups is 1. The molecule has 1 unspecified atom stereocenters. The molecule has 0 saturated carbocycles. The van der Waals surface area contributed by atoms with Gasteiger partial charge in [0.2, 0.25) is 10.0 Å². The maximum atomic E-state index is 12.4. The van der Waals surface area contributed by atoms with Crippen LogP contribution in [0.25, 0.3) is 0 Å². The standard InChI is InChI=1S/C10H13NO6S3/c1-7-6-19(14,15)3-2-11(7)20(16,17)8-4-9(10(12)13)18-5-8/h4-5,7H,2-3,6H2,1H3,(H,12,13). The molecular weight excluding hydrogens is 326 g/mol. The Morgan fingerprint density at radius 2 is 2.15 bits per heavy atom. The van der Waals surface area contributed by atoms with Gasteiger partial charge in [0.15, 0.2) is 9.84 Å². The molecule has 10 heteroatoms. The van der Waals surface area contributed by atoms with E-state index in [0.29, 0.717) is 0 Å². The third-order valence-corrected chi connectivity index (χ3v) is 7.86. The van der Waals surface area contributed by atoms with E-state index in [4.69, 9.17) is 5.11 Å². The summed E-state index contributed by atoms with van der Waals surface area (Å²) in [6.45, 7) is 1.42. The van der Waals surface area contributed by atoms with Crippen molar-refractivity contribution in [3.8, 4) is 0 Å². The Morgan fingerprint density at radius 1 is 1.50 bits per heavy atom. The number of rotatable bonds is 3. The zero-order chi connectivity index (χ0) is 15.1. The summed E-state index contributed by atoms with van der Waals surface area (Å²) < 4.78 is 48.8. The quantitative estimate of drug-likeness (QED) is 0.846. The number of sulfonamides is 1. The number of carboxylic acids is 1. The van der Waals surface area contributed by atoms with Gasteiger partial charge in [0.25, 0.3) is 0 Å². The van der Waals surface area contributed by atoms with Crippen molar-refractivity contribution in [2.24, 2.45) is 0 Å². The number of aromatic carboxylic acids is 1. The molecule has 1 atom stereocenters. The van der Waals surface area contributed by atoms with Crippen molar-refractivity contribution in [2.75, 3.05) is 18.1 Å². The van der Waals surface area contributed by atoms with E-state index in [9.17, 15) is 21.6 Å². The highest BCUT2D eigenvalue weighted by molar-refractivity contribution is 7.92. The highest BCUT2D eigenvalue weighted by atomic mass is 32.2. The topological polar surface area (TPSA) is 109 Å². The molecule has 2 rings (SSSR count). The lowest BCUT2D eigenvalue weighted by atomic mass is 10.4. The summed E-state index contributed by atoms with van der Waals surface area (Å²) in [6, 6.07) is 0.435. The van der Waals surface area contributed by atoms with Crippen molar-refractivity contribution in [2.45, 2.75) is 17.9 Å². The average Bonchev–Trinajstić information content (AvgIpc) is 2.76. The fourth-order valence-corrected chi connectivity index (χ4v) is 6.54. The summed E-state index contributed by atoms with van der Waals surface area (Å²) in [7, 11) is -7.07. The second-order valence-corrected chi connectivity index (χ2v) is 9.56. The molecule has 0 aliphatic carbocycles. The van der Waals surface area contributed by atoms with Crippen LogP contribution < -0.4 is 0 Å². The highest BCUT2D eigenvalue weighted by Gasteiger charge is 2.37. The molecule has 1 fully saturated rings. The summed E-state index contributed by atoms with van der Waals surface area (Å²) in [4.78, 5) is 10.6. The largest absolute Gasteiger partial charge is 0.477 e. The minimum absolute atomic E-state index is 0.0686. The first-order valence-corrected chi connectivity index (χ1v) is 9.82. The van der Waals surface area contributed by atoms with E-state index in [0.717, 1.165) is 21.7 Å². The first kappa shape index (κ1) is 15.4. The minimum Gasteiger partial charge on any atom is -0.477 e. The monoisotopic (exact) mass is 339 g/mol. The van der Waals surface area contributed by atoms with E-state index in [-0.39, 0.29) is 27.8 Å². The van der Waals surface area contributed by atoms with E-state index in [1.807, 2.05) is 0 Å². The molecule has 1 aliphatic heterocycles. The number of thiophene rings is 1. The van der Waals surface area contributed by atoms with Crippen LogP contribution in [-0.4, -0.2) is 56.3 Å². The third-order valence-electron chi connectivity index (χ3n) is 3.00. The number of hydrogen-bond acceptors (Lipinski definition) is 6. The first-order chi connectivity index (χ1) is 9.13. The van der Waals surface area contributed by atoms with Gasteiger partial charge in [-0.25, -0.2) is 21.6 Å². The van der Waals surface area contributed by atoms with E-state index >= 15 is 0 Å². The van der Waals surface area contributed by atoms with Crippen molar-refractivity contribution in [1.29, 1.82) is 0 Å². The lowest BCUT2D eigenvalue weighted by molar-refractivity contribution is 0.0702. The Hall–Kier alpha value is -0.970. The van der Waals surface area contributed by atoms with Crippen LogP contribution in [0.5, 0.6) is 0 Å². The average molecular weight is 339 g/mol. The predicted molar refractivity (Wildman–Crippen MR) is 73.3 cm³/mol. The first-order valence-electron chi connectivity index (χ1n) is 5.67. The molecule has 0 spiro atoms. The van der Waals surface area contributed by atoms with Gasteiger partial charge in [-0.1, -0.05) is 0 Å². The zero-order valence-corrected chi connectivity index (χ0v) is 13.0. The van der Waals surface area contributed by atoms with Crippen LogP contribution >= 0.6 is 11.3 Å². The van der Waals surface area contributed by atoms with Crippen LogP contribution in [0.1, 0.15) is 16.6 Å². The molecule has 2 heterocycles. The van der Waals surface area contributed by atoms with Gasteiger partial charge in [-0.2, -0.15) is 4.31 Å². The van der Waals surface area contributed by atoms with E-state index < -0.39 is 31.9 Å². The summed E-state index contributed by atoms with van der Waals surface area (Å²) >= 11 is 0.826. The van der Waals surface area contributed by atoms with Crippen LogP contribution in [0.15, 0.2) is 16.3 Å². The van der Waals surface area contributed by atoms with Crippen molar-refractivity contribution in [3.05, 3.63) is 16.3 Å². The number of carboxylic acid groups (broad SMARTS) is 1. The second-order valence-electron chi connectivity index (χ2n) is 4.53. The van der Waals surface area contributed by atoms with Gasteiger partial charge in [-0.05, 0) is 13.0 Å². The molecule has 0 bridgehead atoms. The van der Waals surface area contributed by atoms with Gasteiger partial charge >= 0.3 is 5.97 Å². The Kier molecular flexibility index (Phi) is 3.93. The molecule has 0 amide bonds. The summed E-state index contributed by atoms with van der Waals surface area (Å²) in [5.41, 5.74) is 0. The number of nitrogens with zero attached hydrogens (tertiary/aromatic N) is 1. The van der Waals surface area contributed by atoms with Crippen molar-refractivity contribution >= 4 is 37.2 Å². The van der Waals surface area contributed by atoms with Gasteiger partial charge in [0.1, 0.15) is 4.88 Å². The Morgan fingerprint density at radius 3 is 2.65 bits per heavy atom. The Labute approximate surface area is 120 Å². The molecule has 7 nitrogen and oxygen atoms in total. The highest BCUT2D eigenvalue weighted by Crippen LogP contribution is 2.26. The zero-order valence-electron chi connectivity index (χ0n) is 10.5. The smallest absolute Gasteiger partial charge is 0.345 e. The molecule has 1 aliphatic rings. The predicted octanol–water partition coefficient (Wildman–Crippen LogP) is 0.254. The van der Waals surface area contributed by atoms with Gasteiger partial charge in [-0.15, -0.1) is 11.3 Å². The normalized spacial score (nSPS) is 23.6. The fourth-order valence-electron chi connectivity index (χ4n) is 2.04. The van der Waals surface area contributed by atoms with Crippen LogP contribution in [-0.2, 0) is 19.9 Å². The van der Waals surface area contributed by atoms with E-state index in [2.05, 4.69) is 0 Å². The minimum atomic E-state index is -3.86. The molecule has 1 aromatic heterocycles. The summed E-state index contributed by atoms with van der Waals surface area (Å²) in [6.07, 6.45) is 0. The molecule has 1 saturated heterocycles. The van der Waals surface area contributed by atoms with E-state index in [1.54, 1.807) is 0 Å². The molecule has 0 aromatic carbocycles.